The number of halogens is 2. The van der Waals surface area contributed by atoms with Crippen molar-refractivity contribution in [1.82, 2.24) is 0 Å². The van der Waals surface area contributed by atoms with Crippen LogP contribution >= 0.6 is 27.5 Å². The van der Waals surface area contributed by atoms with E-state index in [9.17, 15) is 14.7 Å². The van der Waals surface area contributed by atoms with Gasteiger partial charge in [-0.3, -0.25) is 14.5 Å². The second-order valence-electron chi connectivity index (χ2n) is 7.13. The Hall–Kier alpha value is -3.09. The van der Waals surface area contributed by atoms with Crippen molar-refractivity contribution in [2.45, 2.75) is 13.0 Å². The molecule has 0 aliphatic carbocycles. The lowest BCUT2D eigenvalue weighted by Crippen LogP contribution is -2.29. The van der Waals surface area contributed by atoms with Gasteiger partial charge in [0.1, 0.15) is 11.5 Å². The van der Waals surface area contributed by atoms with E-state index in [-0.39, 0.29) is 21.9 Å². The maximum atomic E-state index is 13.2. The molecule has 5 nitrogen and oxygen atoms in total. The van der Waals surface area contributed by atoms with Crippen LogP contribution in [0.1, 0.15) is 24.1 Å². The fourth-order valence-corrected chi connectivity index (χ4v) is 4.21. The van der Waals surface area contributed by atoms with E-state index in [1.54, 1.807) is 42.5 Å². The number of rotatable bonds is 5. The molecule has 32 heavy (non-hydrogen) atoms. The number of ketones is 1. The van der Waals surface area contributed by atoms with Gasteiger partial charge in [-0.05, 0) is 55.0 Å². The predicted octanol–water partition coefficient (Wildman–Crippen LogP) is 6.13. The summed E-state index contributed by atoms with van der Waals surface area (Å²) in [7, 11) is 0. The number of nitrogens with zero attached hydrogens (tertiary/aromatic N) is 1. The smallest absolute Gasteiger partial charge is 0.300 e. The van der Waals surface area contributed by atoms with Crippen molar-refractivity contribution in [3.63, 3.8) is 0 Å². The Morgan fingerprint density at radius 1 is 1.06 bits per heavy atom. The largest absolute Gasteiger partial charge is 0.507 e. The third kappa shape index (κ3) is 4.04. The first-order valence-electron chi connectivity index (χ1n) is 9.96. The number of amides is 1. The highest BCUT2D eigenvalue weighted by atomic mass is 79.9. The van der Waals surface area contributed by atoms with Crippen molar-refractivity contribution in [2.24, 2.45) is 0 Å². The van der Waals surface area contributed by atoms with E-state index < -0.39 is 17.7 Å². The maximum Gasteiger partial charge on any atom is 0.300 e. The number of aliphatic hydroxyl groups is 1. The average molecular weight is 513 g/mol. The summed E-state index contributed by atoms with van der Waals surface area (Å²) < 4.78 is 6.36. The van der Waals surface area contributed by atoms with E-state index in [2.05, 4.69) is 15.9 Å². The van der Waals surface area contributed by atoms with Crippen molar-refractivity contribution < 1.29 is 19.4 Å². The molecule has 1 amide bonds. The number of Topliss-reactive ketones (excluding diaryl/α,β-unsaturated/α-hetero) is 1. The number of hydrogen-bond donors (Lipinski definition) is 1. The zero-order chi connectivity index (χ0) is 22.8. The predicted molar refractivity (Wildman–Crippen MR) is 128 cm³/mol. The molecule has 0 radical (unpaired) electrons. The van der Waals surface area contributed by atoms with Crippen LogP contribution in [-0.4, -0.2) is 23.4 Å². The van der Waals surface area contributed by atoms with Crippen LogP contribution < -0.4 is 9.64 Å². The molecule has 1 atom stereocenters. The Labute approximate surface area is 199 Å². The molecule has 0 aromatic heterocycles. The molecule has 0 spiro atoms. The van der Waals surface area contributed by atoms with Crippen molar-refractivity contribution in [3.05, 3.63) is 99.0 Å². The van der Waals surface area contributed by atoms with E-state index in [0.29, 0.717) is 23.6 Å². The first-order valence-corrected chi connectivity index (χ1v) is 11.1. The molecule has 3 aromatic carbocycles. The van der Waals surface area contributed by atoms with Gasteiger partial charge < -0.3 is 9.84 Å². The molecular weight excluding hydrogens is 494 g/mol. The van der Waals surface area contributed by atoms with Crippen LogP contribution in [0.3, 0.4) is 0 Å². The minimum Gasteiger partial charge on any atom is -0.507 e. The van der Waals surface area contributed by atoms with Crippen LogP contribution in [0.15, 0.2) is 82.8 Å². The lowest BCUT2D eigenvalue weighted by Gasteiger charge is -2.25. The van der Waals surface area contributed by atoms with Gasteiger partial charge in [-0.1, -0.05) is 57.9 Å². The number of ether oxygens (including phenoxy) is 1. The lowest BCUT2D eigenvalue weighted by atomic mass is 9.95. The van der Waals surface area contributed by atoms with E-state index >= 15 is 0 Å². The zero-order valence-corrected chi connectivity index (χ0v) is 19.4. The van der Waals surface area contributed by atoms with Gasteiger partial charge in [-0.2, -0.15) is 0 Å². The highest BCUT2D eigenvalue weighted by Crippen LogP contribution is 2.43. The normalized spacial score (nSPS) is 17.6. The molecule has 0 bridgehead atoms. The molecule has 1 saturated heterocycles. The molecule has 1 heterocycles. The zero-order valence-electron chi connectivity index (χ0n) is 17.1. The van der Waals surface area contributed by atoms with Crippen LogP contribution in [0.2, 0.25) is 5.02 Å². The van der Waals surface area contributed by atoms with E-state index in [1.807, 2.05) is 37.3 Å². The summed E-state index contributed by atoms with van der Waals surface area (Å²) in [5.41, 5.74) is 1.43. The molecule has 1 unspecified atom stereocenters. The minimum absolute atomic E-state index is 0.0281. The molecule has 162 valence electrons. The fraction of sp³-hybridized carbons (Fsp3) is 0.120. The summed E-state index contributed by atoms with van der Waals surface area (Å²) in [4.78, 5) is 27.7. The number of carbonyl (C=O) groups is 2. The number of benzene rings is 3. The van der Waals surface area contributed by atoms with Crippen LogP contribution in [0.25, 0.3) is 5.76 Å². The molecule has 1 aliphatic rings. The monoisotopic (exact) mass is 511 g/mol. The van der Waals surface area contributed by atoms with Crippen molar-refractivity contribution in [3.8, 4) is 5.75 Å². The molecule has 1 aliphatic heterocycles. The van der Waals surface area contributed by atoms with Gasteiger partial charge in [-0.25, -0.2) is 0 Å². The number of anilines is 1. The van der Waals surface area contributed by atoms with Crippen molar-refractivity contribution >= 4 is 50.7 Å². The molecule has 3 aromatic rings. The summed E-state index contributed by atoms with van der Waals surface area (Å²) in [5, 5.41) is 11.5. The number of hydrogen-bond acceptors (Lipinski definition) is 4. The SMILES string of the molecule is CCOc1ccc(Cl)c(/C(O)=C2\C(=O)C(=O)N(c3ccc(Br)cc3)C2c2ccccc2)c1. The standard InChI is InChI=1S/C25H19BrClNO4/c1-2-32-18-12-13-20(27)19(14-18)23(29)21-22(15-6-4-3-5-7-15)28(25(31)24(21)30)17-10-8-16(26)9-11-17/h3-14,22,29H,2H2,1H3/b23-21+. The summed E-state index contributed by atoms with van der Waals surface area (Å²) in [6, 6.07) is 20.2. The van der Waals surface area contributed by atoms with Gasteiger partial charge in [0, 0.05) is 15.7 Å². The first-order chi connectivity index (χ1) is 15.4. The second kappa shape index (κ2) is 9.18. The van der Waals surface area contributed by atoms with Gasteiger partial charge in [0.2, 0.25) is 0 Å². The van der Waals surface area contributed by atoms with Crippen LogP contribution in [0.5, 0.6) is 5.75 Å². The van der Waals surface area contributed by atoms with Gasteiger partial charge in [-0.15, -0.1) is 0 Å². The molecule has 1 N–H and O–H groups in total. The maximum absolute atomic E-state index is 13.2. The Kier molecular flexibility index (Phi) is 6.35. The lowest BCUT2D eigenvalue weighted by molar-refractivity contribution is -0.132. The van der Waals surface area contributed by atoms with Crippen LogP contribution in [0.4, 0.5) is 5.69 Å². The molecule has 7 heteroatoms. The van der Waals surface area contributed by atoms with Crippen molar-refractivity contribution in [2.75, 3.05) is 11.5 Å². The van der Waals surface area contributed by atoms with Gasteiger partial charge in [0.15, 0.2) is 0 Å². The third-order valence-corrected chi connectivity index (χ3v) is 6.03. The van der Waals surface area contributed by atoms with Gasteiger partial charge >= 0.3 is 0 Å². The molecule has 0 saturated carbocycles. The minimum atomic E-state index is -0.816. The quantitative estimate of drug-likeness (QED) is 0.254. The Morgan fingerprint density at radius 2 is 1.75 bits per heavy atom. The highest BCUT2D eigenvalue weighted by Gasteiger charge is 2.47. The molecular formula is C25H19BrClNO4. The topological polar surface area (TPSA) is 66.8 Å². The summed E-state index contributed by atoms with van der Waals surface area (Å²) in [6.07, 6.45) is 0. The van der Waals surface area contributed by atoms with Crippen LogP contribution in [0, 0.1) is 0 Å². The average Bonchev–Trinajstić information content (AvgIpc) is 3.06. The Balaban J connectivity index is 1.94. The summed E-state index contributed by atoms with van der Waals surface area (Å²) in [5.74, 6) is -1.35. The Bertz CT molecular complexity index is 1210. The molecule has 4 rings (SSSR count). The van der Waals surface area contributed by atoms with E-state index in [1.165, 1.54) is 4.90 Å². The van der Waals surface area contributed by atoms with Gasteiger partial charge in [0.25, 0.3) is 11.7 Å². The fourth-order valence-electron chi connectivity index (χ4n) is 3.74. The number of aliphatic hydroxyl groups excluding tert-OH is 1. The van der Waals surface area contributed by atoms with E-state index in [4.69, 9.17) is 16.3 Å². The second-order valence-corrected chi connectivity index (χ2v) is 8.45. The Morgan fingerprint density at radius 3 is 2.41 bits per heavy atom. The third-order valence-electron chi connectivity index (χ3n) is 5.17. The van der Waals surface area contributed by atoms with E-state index in [0.717, 1.165) is 4.47 Å². The van der Waals surface area contributed by atoms with Crippen LogP contribution in [-0.2, 0) is 9.59 Å². The molecule has 1 fully saturated rings. The first kappa shape index (κ1) is 22.1. The van der Waals surface area contributed by atoms with Crippen molar-refractivity contribution in [1.29, 1.82) is 0 Å². The summed E-state index contributed by atoms with van der Waals surface area (Å²) in [6.45, 7) is 2.27. The highest BCUT2D eigenvalue weighted by molar-refractivity contribution is 9.10. The van der Waals surface area contributed by atoms with Gasteiger partial charge in [0.05, 0.1) is 23.2 Å². The number of carbonyl (C=O) groups excluding carboxylic acids is 2. The summed E-state index contributed by atoms with van der Waals surface area (Å²) >= 11 is 9.74.